The highest BCUT2D eigenvalue weighted by Gasteiger charge is 2.27. The van der Waals surface area contributed by atoms with Gasteiger partial charge in [-0.25, -0.2) is 9.69 Å². The molecule has 1 aromatic heterocycles. The summed E-state index contributed by atoms with van der Waals surface area (Å²) in [4.78, 5) is 26.6. The summed E-state index contributed by atoms with van der Waals surface area (Å²) in [5.74, 6) is -1.15. The van der Waals surface area contributed by atoms with Crippen molar-refractivity contribution in [2.75, 3.05) is 31.6 Å². The summed E-state index contributed by atoms with van der Waals surface area (Å²) in [6.45, 7) is 3.67. The molecule has 0 radical (unpaired) electrons. The van der Waals surface area contributed by atoms with E-state index in [4.69, 9.17) is 4.74 Å². The Morgan fingerprint density at radius 3 is 2.54 bits per heavy atom. The van der Waals surface area contributed by atoms with E-state index in [9.17, 15) is 14.7 Å². The molecule has 1 atom stereocenters. The number of carbonyl (C=O) groups excluding carboxylic acids is 1. The van der Waals surface area contributed by atoms with Crippen LogP contribution in [0.4, 0.5) is 5.69 Å². The van der Waals surface area contributed by atoms with Crippen LogP contribution < -0.4 is 4.90 Å². The number of carboxylic acid groups (broad SMARTS) is 1. The molecule has 2 aromatic carbocycles. The molecule has 184 valence electrons. The number of aromatic nitrogens is 2. The highest BCUT2D eigenvalue weighted by Crippen LogP contribution is 2.31. The molecule has 9 nitrogen and oxygen atoms in total. The van der Waals surface area contributed by atoms with E-state index in [0.717, 1.165) is 48.0 Å². The van der Waals surface area contributed by atoms with Crippen molar-refractivity contribution in [2.45, 2.75) is 45.5 Å². The van der Waals surface area contributed by atoms with Gasteiger partial charge in [0.15, 0.2) is 6.23 Å². The van der Waals surface area contributed by atoms with Gasteiger partial charge in [0.25, 0.3) is 5.91 Å². The Kier molecular flexibility index (Phi) is 6.44. The van der Waals surface area contributed by atoms with Crippen molar-refractivity contribution in [3.8, 4) is 0 Å². The van der Waals surface area contributed by atoms with Gasteiger partial charge in [0.2, 0.25) is 0 Å². The molecule has 1 unspecified atom stereocenters. The first kappa shape index (κ1) is 23.3. The van der Waals surface area contributed by atoms with Crippen molar-refractivity contribution >= 4 is 28.5 Å². The number of hydrazine groups is 1. The van der Waals surface area contributed by atoms with Crippen molar-refractivity contribution in [1.29, 1.82) is 0 Å². The van der Waals surface area contributed by atoms with Crippen LogP contribution in [0.1, 0.15) is 42.2 Å². The first-order valence-corrected chi connectivity index (χ1v) is 12.0. The van der Waals surface area contributed by atoms with Gasteiger partial charge in [-0.15, -0.1) is 0 Å². The van der Waals surface area contributed by atoms with Gasteiger partial charge >= 0.3 is 5.97 Å². The molecule has 1 amide bonds. The second-order valence-electron chi connectivity index (χ2n) is 9.37. The van der Waals surface area contributed by atoms with E-state index in [0.29, 0.717) is 13.1 Å². The van der Waals surface area contributed by atoms with Crippen LogP contribution in [0.2, 0.25) is 0 Å². The van der Waals surface area contributed by atoms with Gasteiger partial charge in [0.1, 0.15) is 6.54 Å². The molecular weight excluding hydrogens is 446 g/mol. The molecule has 0 spiro atoms. The minimum Gasteiger partial charge on any atom is -0.480 e. The van der Waals surface area contributed by atoms with Crippen LogP contribution in [0.3, 0.4) is 0 Å². The second kappa shape index (κ2) is 9.67. The second-order valence-corrected chi connectivity index (χ2v) is 9.37. The number of benzene rings is 2. The summed E-state index contributed by atoms with van der Waals surface area (Å²) in [6, 6.07) is 12.1. The number of hydrogen-bond donors (Lipinski definition) is 1. The summed E-state index contributed by atoms with van der Waals surface area (Å²) in [5, 5.41) is 18.6. The molecule has 3 aromatic rings. The van der Waals surface area contributed by atoms with Gasteiger partial charge < -0.3 is 14.7 Å². The number of anilines is 1. The number of rotatable bonds is 7. The van der Waals surface area contributed by atoms with Crippen LogP contribution in [-0.2, 0) is 27.4 Å². The zero-order valence-electron chi connectivity index (χ0n) is 20.2. The maximum Gasteiger partial charge on any atom is 0.323 e. The molecule has 2 aliphatic rings. The lowest BCUT2D eigenvalue weighted by atomic mass is 10.1. The van der Waals surface area contributed by atoms with E-state index in [1.54, 1.807) is 23.2 Å². The summed E-state index contributed by atoms with van der Waals surface area (Å²) in [6.07, 6.45) is 4.79. The number of aliphatic carboxylic acids is 1. The van der Waals surface area contributed by atoms with E-state index < -0.39 is 5.97 Å². The van der Waals surface area contributed by atoms with Crippen LogP contribution >= 0.6 is 0 Å². The van der Waals surface area contributed by atoms with Gasteiger partial charge in [-0.3, -0.25) is 14.6 Å². The molecule has 1 N–H and O–H groups in total. The van der Waals surface area contributed by atoms with Crippen molar-refractivity contribution in [3.63, 3.8) is 0 Å². The van der Waals surface area contributed by atoms with Crippen molar-refractivity contribution < 1.29 is 19.4 Å². The summed E-state index contributed by atoms with van der Waals surface area (Å²) >= 11 is 0. The number of nitrogens with zero attached hydrogens (tertiary/aromatic N) is 5. The van der Waals surface area contributed by atoms with Crippen LogP contribution in [0.25, 0.3) is 10.9 Å². The Morgan fingerprint density at radius 2 is 1.89 bits per heavy atom. The number of carboxylic acids is 1. The predicted molar refractivity (Wildman–Crippen MR) is 132 cm³/mol. The Bertz CT molecular complexity index is 1220. The molecule has 5 rings (SSSR count). The Balaban J connectivity index is 1.37. The minimum absolute atomic E-state index is 0.0398. The molecule has 0 aliphatic carbocycles. The Labute approximate surface area is 204 Å². The molecular formula is C26H31N5O4. The maximum absolute atomic E-state index is 13.2. The standard InChI is InChI=1S/C26H31N5O4/c1-18-11-23-21(13-27-31(23)25-9-5-6-10-35-25)12-22(18)29(17-26(33)34)16-24(32)28(2)30-14-19-7-3-4-8-20(19)15-30/h3-4,7-8,11-13,25H,5-6,9-10,14-17H2,1-2H3,(H,33,34). The summed E-state index contributed by atoms with van der Waals surface area (Å²) in [5.41, 5.74) is 4.96. The molecule has 3 heterocycles. The number of carbonyl (C=O) groups is 2. The maximum atomic E-state index is 13.2. The smallest absolute Gasteiger partial charge is 0.323 e. The van der Waals surface area contributed by atoms with E-state index in [1.165, 1.54) is 11.1 Å². The number of hydrogen-bond acceptors (Lipinski definition) is 6. The number of fused-ring (bicyclic) bond motifs is 2. The highest BCUT2D eigenvalue weighted by atomic mass is 16.5. The zero-order valence-corrected chi connectivity index (χ0v) is 20.2. The Hall–Kier alpha value is -3.43. The third-order valence-electron chi connectivity index (χ3n) is 6.94. The molecule has 1 fully saturated rings. The molecule has 35 heavy (non-hydrogen) atoms. The third-order valence-corrected chi connectivity index (χ3v) is 6.94. The average Bonchev–Trinajstić information content (AvgIpc) is 3.46. The lowest BCUT2D eigenvalue weighted by Crippen LogP contribution is -2.47. The lowest BCUT2D eigenvalue weighted by Gasteiger charge is -2.31. The molecule has 2 aliphatic heterocycles. The van der Waals surface area contributed by atoms with Gasteiger partial charge in [-0.2, -0.15) is 5.10 Å². The van der Waals surface area contributed by atoms with Crippen molar-refractivity contribution in [1.82, 2.24) is 19.8 Å². The van der Waals surface area contributed by atoms with E-state index in [1.807, 2.05) is 40.9 Å². The fourth-order valence-electron chi connectivity index (χ4n) is 5.01. The molecule has 0 bridgehead atoms. The average molecular weight is 478 g/mol. The largest absolute Gasteiger partial charge is 0.480 e. The SMILES string of the molecule is Cc1cc2c(cnn2C2CCCCO2)cc1N(CC(=O)O)CC(=O)N(C)N1Cc2ccccc2C1. The van der Waals surface area contributed by atoms with E-state index in [-0.39, 0.29) is 25.2 Å². The minimum atomic E-state index is -0.986. The van der Waals surface area contributed by atoms with Crippen LogP contribution in [-0.4, -0.2) is 63.5 Å². The predicted octanol–water partition coefficient (Wildman–Crippen LogP) is 3.32. The highest BCUT2D eigenvalue weighted by molar-refractivity contribution is 5.89. The normalized spacial score (nSPS) is 17.9. The number of amides is 1. The quantitative estimate of drug-likeness (QED) is 0.558. The number of aryl methyl sites for hydroxylation is 1. The first-order valence-electron chi connectivity index (χ1n) is 12.0. The summed E-state index contributed by atoms with van der Waals surface area (Å²) < 4.78 is 7.82. The van der Waals surface area contributed by atoms with Crippen LogP contribution in [0.15, 0.2) is 42.6 Å². The molecule has 0 saturated carbocycles. The zero-order chi connectivity index (χ0) is 24.5. The van der Waals surface area contributed by atoms with Gasteiger partial charge in [-0.05, 0) is 55.0 Å². The third kappa shape index (κ3) is 4.74. The van der Waals surface area contributed by atoms with Gasteiger partial charge in [0, 0.05) is 37.8 Å². The van der Waals surface area contributed by atoms with Crippen molar-refractivity contribution in [3.05, 3.63) is 59.3 Å². The Morgan fingerprint density at radius 1 is 1.14 bits per heavy atom. The summed E-state index contributed by atoms with van der Waals surface area (Å²) in [7, 11) is 1.75. The van der Waals surface area contributed by atoms with Crippen LogP contribution in [0.5, 0.6) is 0 Å². The van der Waals surface area contributed by atoms with E-state index >= 15 is 0 Å². The monoisotopic (exact) mass is 477 g/mol. The first-order chi connectivity index (χ1) is 16.9. The van der Waals surface area contributed by atoms with Crippen LogP contribution in [0, 0.1) is 6.92 Å². The van der Waals surface area contributed by atoms with Gasteiger partial charge in [0.05, 0.1) is 18.3 Å². The lowest BCUT2D eigenvalue weighted by molar-refractivity contribution is -0.145. The van der Waals surface area contributed by atoms with Crippen molar-refractivity contribution in [2.24, 2.45) is 0 Å². The fourth-order valence-corrected chi connectivity index (χ4v) is 5.01. The number of likely N-dealkylation sites (N-methyl/N-ethyl adjacent to an activating group) is 1. The number of ether oxygens (including phenoxy) is 1. The molecule has 9 heteroatoms. The fraction of sp³-hybridized carbons (Fsp3) is 0.423. The topological polar surface area (TPSA) is 91.1 Å². The van der Waals surface area contributed by atoms with Gasteiger partial charge in [-0.1, -0.05) is 24.3 Å². The molecule has 1 saturated heterocycles. The van der Waals surface area contributed by atoms with E-state index in [2.05, 4.69) is 17.2 Å².